The first kappa shape index (κ1) is 19.6. The van der Waals surface area contributed by atoms with Crippen LogP contribution in [-0.4, -0.2) is 32.8 Å². The van der Waals surface area contributed by atoms with Crippen molar-refractivity contribution in [2.75, 3.05) is 7.05 Å². The van der Waals surface area contributed by atoms with Crippen LogP contribution < -0.4 is 0 Å². The summed E-state index contributed by atoms with van der Waals surface area (Å²) in [6, 6.07) is 14.4. The van der Waals surface area contributed by atoms with Crippen LogP contribution in [0.1, 0.15) is 40.1 Å². The number of amides is 1. The van der Waals surface area contributed by atoms with Gasteiger partial charge in [-0.1, -0.05) is 47.7 Å². The van der Waals surface area contributed by atoms with E-state index in [0.717, 1.165) is 17.7 Å². The lowest BCUT2D eigenvalue weighted by Gasteiger charge is -2.24. The SMILES string of the molecule is C[C@@H](c1ccccc1)N(C)C(=O)c1cn(Cc2cccc(C(F)(F)F)c2)nn1. The summed E-state index contributed by atoms with van der Waals surface area (Å²) in [7, 11) is 1.67. The summed E-state index contributed by atoms with van der Waals surface area (Å²) in [6.07, 6.45) is -2.97. The molecule has 1 atom stereocenters. The zero-order valence-electron chi connectivity index (χ0n) is 15.4. The number of hydrogen-bond donors (Lipinski definition) is 0. The van der Waals surface area contributed by atoms with E-state index in [4.69, 9.17) is 0 Å². The van der Waals surface area contributed by atoms with Crippen molar-refractivity contribution in [3.8, 4) is 0 Å². The summed E-state index contributed by atoms with van der Waals surface area (Å²) in [5.74, 6) is -0.313. The van der Waals surface area contributed by atoms with Gasteiger partial charge in [0.05, 0.1) is 24.3 Å². The molecule has 146 valence electrons. The quantitative estimate of drug-likeness (QED) is 0.659. The molecule has 1 amide bonds. The summed E-state index contributed by atoms with van der Waals surface area (Å²) in [4.78, 5) is 14.2. The van der Waals surface area contributed by atoms with Crippen LogP contribution in [0.15, 0.2) is 60.8 Å². The molecule has 3 rings (SSSR count). The fourth-order valence-corrected chi connectivity index (χ4v) is 2.82. The second-order valence-corrected chi connectivity index (χ2v) is 6.50. The van der Waals surface area contributed by atoms with E-state index < -0.39 is 11.7 Å². The number of benzene rings is 2. The van der Waals surface area contributed by atoms with Crippen molar-refractivity contribution < 1.29 is 18.0 Å². The maximum atomic E-state index is 12.8. The number of aromatic nitrogens is 3. The zero-order chi connectivity index (χ0) is 20.3. The van der Waals surface area contributed by atoms with Crippen LogP contribution in [0.4, 0.5) is 13.2 Å². The maximum Gasteiger partial charge on any atom is 0.416 e. The minimum absolute atomic E-state index is 0.0855. The highest BCUT2D eigenvalue weighted by atomic mass is 19.4. The molecular weight excluding hydrogens is 369 g/mol. The first-order valence-corrected chi connectivity index (χ1v) is 8.64. The Labute approximate surface area is 160 Å². The van der Waals surface area contributed by atoms with Crippen LogP contribution in [0.25, 0.3) is 0 Å². The molecule has 1 heterocycles. The Morgan fingerprint density at radius 1 is 1.14 bits per heavy atom. The average Bonchev–Trinajstić information content (AvgIpc) is 3.15. The molecule has 0 saturated carbocycles. The molecule has 0 aliphatic heterocycles. The third-order valence-electron chi connectivity index (χ3n) is 4.54. The number of carbonyl (C=O) groups is 1. The van der Waals surface area contributed by atoms with Gasteiger partial charge in [-0.15, -0.1) is 5.10 Å². The summed E-state index contributed by atoms with van der Waals surface area (Å²) in [5.41, 5.74) is 0.814. The summed E-state index contributed by atoms with van der Waals surface area (Å²) in [6.45, 7) is 1.99. The zero-order valence-corrected chi connectivity index (χ0v) is 15.4. The Morgan fingerprint density at radius 2 is 1.86 bits per heavy atom. The van der Waals surface area contributed by atoms with Crippen molar-refractivity contribution in [3.05, 3.63) is 83.2 Å². The fraction of sp³-hybridized carbons (Fsp3) is 0.250. The van der Waals surface area contributed by atoms with Crippen LogP contribution >= 0.6 is 0 Å². The topological polar surface area (TPSA) is 51.0 Å². The highest BCUT2D eigenvalue weighted by molar-refractivity contribution is 5.92. The third kappa shape index (κ3) is 4.39. The second kappa shape index (κ2) is 7.84. The van der Waals surface area contributed by atoms with Gasteiger partial charge in [-0.3, -0.25) is 4.79 Å². The fourth-order valence-electron chi connectivity index (χ4n) is 2.82. The molecule has 0 aliphatic carbocycles. The molecule has 3 aromatic rings. The Bertz CT molecular complexity index is 953. The summed E-state index contributed by atoms with van der Waals surface area (Å²) < 4.78 is 39.9. The molecule has 0 unspecified atom stereocenters. The predicted molar refractivity (Wildman–Crippen MR) is 97.5 cm³/mol. The van der Waals surface area contributed by atoms with Gasteiger partial charge in [-0.2, -0.15) is 13.2 Å². The van der Waals surface area contributed by atoms with E-state index in [1.54, 1.807) is 18.0 Å². The number of nitrogens with zero attached hydrogens (tertiary/aromatic N) is 4. The monoisotopic (exact) mass is 388 g/mol. The van der Waals surface area contributed by atoms with Gasteiger partial charge in [0.15, 0.2) is 5.69 Å². The largest absolute Gasteiger partial charge is 0.416 e. The van der Waals surface area contributed by atoms with Crippen molar-refractivity contribution in [1.82, 2.24) is 19.9 Å². The lowest BCUT2D eigenvalue weighted by Crippen LogP contribution is -2.29. The van der Waals surface area contributed by atoms with Gasteiger partial charge in [-0.25, -0.2) is 4.68 Å². The van der Waals surface area contributed by atoms with Crippen LogP contribution in [0.5, 0.6) is 0 Å². The van der Waals surface area contributed by atoms with Gasteiger partial charge in [0.25, 0.3) is 5.91 Å². The van der Waals surface area contributed by atoms with Gasteiger partial charge in [0.2, 0.25) is 0 Å². The van der Waals surface area contributed by atoms with E-state index in [9.17, 15) is 18.0 Å². The van der Waals surface area contributed by atoms with E-state index >= 15 is 0 Å². The predicted octanol–water partition coefficient (Wildman–Crippen LogP) is 4.18. The number of hydrogen-bond acceptors (Lipinski definition) is 3. The van der Waals surface area contributed by atoms with E-state index in [0.29, 0.717) is 5.56 Å². The molecule has 0 aliphatic rings. The lowest BCUT2D eigenvalue weighted by atomic mass is 10.1. The lowest BCUT2D eigenvalue weighted by molar-refractivity contribution is -0.137. The van der Waals surface area contributed by atoms with Crippen LogP contribution in [-0.2, 0) is 12.7 Å². The van der Waals surface area contributed by atoms with E-state index in [1.807, 2.05) is 37.3 Å². The second-order valence-electron chi connectivity index (χ2n) is 6.50. The molecule has 28 heavy (non-hydrogen) atoms. The molecule has 2 aromatic carbocycles. The van der Waals surface area contributed by atoms with Gasteiger partial charge in [0.1, 0.15) is 0 Å². The van der Waals surface area contributed by atoms with E-state index in [-0.39, 0.29) is 24.2 Å². The van der Waals surface area contributed by atoms with Gasteiger partial charge < -0.3 is 4.90 Å². The van der Waals surface area contributed by atoms with Gasteiger partial charge >= 0.3 is 6.18 Å². The van der Waals surface area contributed by atoms with Crippen molar-refractivity contribution >= 4 is 5.91 Å². The third-order valence-corrected chi connectivity index (χ3v) is 4.54. The van der Waals surface area contributed by atoms with Gasteiger partial charge in [0, 0.05) is 7.05 Å². The van der Waals surface area contributed by atoms with Crippen LogP contribution in [0.3, 0.4) is 0 Å². The summed E-state index contributed by atoms with van der Waals surface area (Å²) >= 11 is 0. The van der Waals surface area contributed by atoms with Crippen LogP contribution in [0, 0.1) is 0 Å². The first-order valence-electron chi connectivity index (χ1n) is 8.64. The number of rotatable bonds is 5. The molecule has 8 heteroatoms. The minimum atomic E-state index is -4.41. The Kier molecular flexibility index (Phi) is 5.48. The first-order chi connectivity index (χ1) is 13.3. The van der Waals surface area contributed by atoms with Crippen molar-refractivity contribution in [3.63, 3.8) is 0 Å². The highest BCUT2D eigenvalue weighted by Crippen LogP contribution is 2.29. The molecule has 0 radical (unpaired) electrons. The number of carbonyl (C=O) groups excluding carboxylic acids is 1. The number of alkyl halides is 3. The van der Waals surface area contributed by atoms with Gasteiger partial charge in [-0.05, 0) is 30.2 Å². The normalized spacial score (nSPS) is 12.6. The van der Waals surface area contributed by atoms with Crippen LogP contribution in [0.2, 0.25) is 0 Å². The molecule has 5 nitrogen and oxygen atoms in total. The van der Waals surface area contributed by atoms with Crippen molar-refractivity contribution in [1.29, 1.82) is 0 Å². The molecular formula is C20H19F3N4O. The molecule has 0 bridgehead atoms. The van der Waals surface area contributed by atoms with E-state index in [2.05, 4.69) is 10.3 Å². The molecule has 0 spiro atoms. The Morgan fingerprint density at radius 3 is 2.54 bits per heavy atom. The molecule has 0 saturated heterocycles. The van der Waals surface area contributed by atoms with Crippen molar-refractivity contribution in [2.24, 2.45) is 0 Å². The standard InChI is InChI=1S/C20H19F3N4O/c1-14(16-8-4-3-5-9-16)26(2)19(28)18-13-27(25-24-18)12-15-7-6-10-17(11-15)20(21,22)23/h3-11,13-14H,12H2,1-2H3/t14-/m0/s1. The highest BCUT2D eigenvalue weighted by Gasteiger charge is 2.30. The summed E-state index contributed by atoms with van der Waals surface area (Å²) in [5, 5.41) is 7.76. The smallest absolute Gasteiger partial charge is 0.334 e. The average molecular weight is 388 g/mol. The number of halogens is 3. The Balaban J connectivity index is 1.72. The van der Waals surface area contributed by atoms with Crippen molar-refractivity contribution in [2.45, 2.75) is 25.7 Å². The maximum absolute atomic E-state index is 12.8. The molecule has 0 fully saturated rings. The Hall–Kier alpha value is -3.16. The van der Waals surface area contributed by atoms with E-state index in [1.165, 1.54) is 16.9 Å². The minimum Gasteiger partial charge on any atom is -0.334 e. The molecule has 0 N–H and O–H groups in total. The molecule has 1 aromatic heterocycles.